The second-order valence-electron chi connectivity index (χ2n) is 6.55. The molecule has 3 heterocycles. The highest BCUT2D eigenvalue weighted by atomic mass is 35.5. The van der Waals surface area contributed by atoms with Crippen LogP contribution in [-0.2, 0) is 4.79 Å². The standard InChI is InChI=1S/C16H19ClF3N5O2/c17-10-8-21-15(24-5-1-2-6-24)23-12(10)14(27)25-7-3-4-11(25)13(26)22-9-16(18,19)20/h8,11H,1-7,9H2,(H,22,26). The summed E-state index contributed by atoms with van der Waals surface area (Å²) in [6.07, 6.45) is -0.367. The molecule has 2 amide bonds. The molecular weight excluding hydrogens is 387 g/mol. The zero-order chi connectivity index (χ0) is 19.6. The zero-order valence-electron chi connectivity index (χ0n) is 14.4. The van der Waals surface area contributed by atoms with Crippen LogP contribution in [0.3, 0.4) is 0 Å². The van der Waals surface area contributed by atoms with Crippen LogP contribution in [0.25, 0.3) is 0 Å². The van der Waals surface area contributed by atoms with Crippen molar-refractivity contribution in [3.8, 4) is 0 Å². The van der Waals surface area contributed by atoms with E-state index in [2.05, 4.69) is 9.97 Å². The summed E-state index contributed by atoms with van der Waals surface area (Å²) in [6, 6.07) is -0.971. The highest BCUT2D eigenvalue weighted by Crippen LogP contribution is 2.25. The number of alkyl halides is 3. The van der Waals surface area contributed by atoms with Crippen LogP contribution in [0.1, 0.15) is 36.2 Å². The number of likely N-dealkylation sites (tertiary alicyclic amines) is 1. The van der Waals surface area contributed by atoms with Gasteiger partial charge >= 0.3 is 6.18 Å². The van der Waals surface area contributed by atoms with E-state index >= 15 is 0 Å². The van der Waals surface area contributed by atoms with Crippen LogP contribution in [0.4, 0.5) is 19.1 Å². The molecule has 2 aliphatic rings. The molecule has 0 aliphatic carbocycles. The molecule has 148 valence electrons. The van der Waals surface area contributed by atoms with Gasteiger partial charge in [0, 0.05) is 19.6 Å². The van der Waals surface area contributed by atoms with Gasteiger partial charge in [-0.15, -0.1) is 0 Å². The molecule has 2 saturated heterocycles. The Bertz CT molecular complexity index is 724. The average molecular weight is 406 g/mol. The van der Waals surface area contributed by atoms with E-state index in [0.29, 0.717) is 12.4 Å². The van der Waals surface area contributed by atoms with Crippen molar-refractivity contribution in [1.82, 2.24) is 20.2 Å². The molecule has 11 heteroatoms. The third-order valence-electron chi connectivity index (χ3n) is 4.60. The number of hydrogen-bond donors (Lipinski definition) is 1. The van der Waals surface area contributed by atoms with Crippen molar-refractivity contribution < 1.29 is 22.8 Å². The van der Waals surface area contributed by atoms with E-state index in [9.17, 15) is 22.8 Å². The van der Waals surface area contributed by atoms with Crippen LogP contribution in [-0.4, -0.2) is 65.1 Å². The van der Waals surface area contributed by atoms with Crippen molar-refractivity contribution in [1.29, 1.82) is 0 Å². The van der Waals surface area contributed by atoms with E-state index in [1.165, 1.54) is 11.1 Å². The smallest absolute Gasteiger partial charge is 0.345 e. The van der Waals surface area contributed by atoms with Gasteiger partial charge < -0.3 is 15.1 Å². The number of nitrogens with one attached hydrogen (secondary N) is 1. The Morgan fingerprint density at radius 3 is 2.59 bits per heavy atom. The molecule has 0 bridgehead atoms. The number of carbonyl (C=O) groups excluding carboxylic acids is 2. The first-order valence-corrected chi connectivity index (χ1v) is 9.07. The van der Waals surface area contributed by atoms with Gasteiger partial charge in [0.2, 0.25) is 11.9 Å². The number of carbonyl (C=O) groups is 2. The first kappa shape index (κ1) is 19.7. The van der Waals surface area contributed by atoms with Crippen molar-refractivity contribution >= 4 is 29.4 Å². The molecule has 1 N–H and O–H groups in total. The fourth-order valence-corrected chi connectivity index (χ4v) is 3.47. The number of rotatable bonds is 4. The Morgan fingerprint density at radius 2 is 1.93 bits per heavy atom. The molecule has 7 nitrogen and oxygen atoms in total. The Labute approximate surface area is 158 Å². The Hall–Kier alpha value is -2.10. The van der Waals surface area contributed by atoms with Gasteiger partial charge in [-0.25, -0.2) is 9.97 Å². The van der Waals surface area contributed by atoms with Gasteiger partial charge in [0.25, 0.3) is 5.91 Å². The monoisotopic (exact) mass is 405 g/mol. The minimum Gasteiger partial charge on any atom is -0.345 e. The molecule has 1 aromatic rings. The third kappa shape index (κ3) is 4.60. The molecule has 0 spiro atoms. The molecule has 0 aromatic carbocycles. The maximum atomic E-state index is 12.9. The molecule has 0 radical (unpaired) electrons. The van der Waals surface area contributed by atoms with Crippen LogP contribution < -0.4 is 10.2 Å². The summed E-state index contributed by atoms with van der Waals surface area (Å²) >= 11 is 6.08. The van der Waals surface area contributed by atoms with Gasteiger partial charge in [-0.3, -0.25) is 9.59 Å². The minimum absolute atomic E-state index is 0.0379. The SMILES string of the molecule is O=C(NCC(F)(F)F)C1CCCN1C(=O)c1nc(N2CCCC2)ncc1Cl. The van der Waals surface area contributed by atoms with E-state index in [1.807, 2.05) is 10.2 Å². The van der Waals surface area contributed by atoms with E-state index < -0.39 is 30.6 Å². The predicted octanol–water partition coefficient (Wildman–Crippen LogP) is 2.01. The average Bonchev–Trinajstić information content (AvgIpc) is 3.30. The lowest BCUT2D eigenvalue weighted by atomic mass is 10.2. The van der Waals surface area contributed by atoms with Crippen molar-refractivity contribution in [3.05, 3.63) is 16.9 Å². The van der Waals surface area contributed by atoms with Crippen molar-refractivity contribution in [2.75, 3.05) is 31.1 Å². The van der Waals surface area contributed by atoms with Gasteiger partial charge in [-0.2, -0.15) is 13.2 Å². The summed E-state index contributed by atoms with van der Waals surface area (Å²) in [5, 5.41) is 1.89. The molecule has 1 aromatic heterocycles. The second kappa shape index (κ2) is 7.87. The quantitative estimate of drug-likeness (QED) is 0.829. The summed E-state index contributed by atoms with van der Waals surface area (Å²) < 4.78 is 37.0. The zero-order valence-corrected chi connectivity index (χ0v) is 15.2. The highest BCUT2D eigenvalue weighted by molar-refractivity contribution is 6.33. The highest BCUT2D eigenvalue weighted by Gasteiger charge is 2.38. The summed E-state index contributed by atoms with van der Waals surface area (Å²) in [7, 11) is 0. The molecule has 1 atom stereocenters. The molecule has 0 saturated carbocycles. The van der Waals surface area contributed by atoms with Crippen LogP contribution in [0, 0.1) is 0 Å². The Kier molecular flexibility index (Phi) is 5.73. The minimum atomic E-state index is -4.51. The van der Waals surface area contributed by atoms with Gasteiger partial charge in [0.15, 0.2) is 5.69 Å². The van der Waals surface area contributed by atoms with Crippen molar-refractivity contribution in [2.24, 2.45) is 0 Å². The molecular formula is C16H19ClF3N5O2. The molecule has 2 aliphatic heterocycles. The summed E-state index contributed by atoms with van der Waals surface area (Å²) in [5.74, 6) is -1.02. The van der Waals surface area contributed by atoms with E-state index in [0.717, 1.165) is 25.9 Å². The number of halogens is 4. The van der Waals surface area contributed by atoms with Gasteiger partial charge in [-0.1, -0.05) is 11.6 Å². The van der Waals surface area contributed by atoms with Gasteiger partial charge in [-0.05, 0) is 25.7 Å². The predicted molar refractivity (Wildman–Crippen MR) is 91.6 cm³/mol. The van der Waals surface area contributed by atoms with Crippen LogP contribution in [0.5, 0.6) is 0 Å². The first-order valence-electron chi connectivity index (χ1n) is 8.69. The fourth-order valence-electron chi connectivity index (χ4n) is 3.30. The molecule has 1 unspecified atom stereocenters. The number of amides is 2. The number of anilines is 1. The maximum absolute atomic E-state index is 12.9. The van der Waals surface area contributed by atoms with Gasteiger partial charge in [0.1, 0.15) is 12.6 Å². The normalized spacial score (nSPS) is 20.2. The van der Waals surface area contributed by atoms with E-state index in [1.54, 1.807) is 0 Å². The third-order valence-corrected chi connectivity index (χ3v) is 4.88. The summed E-state index contributed by atoms with van der Waals surface area (Å²) in [5.41, 5.74) is -0.0379. The molecule has 2 fully saturated rings. The first-order chi connectivity index (χ1) is 12.8. The maximum Gasteiger partial charge on any atom is 0.405 e. The second-order valence-corrected chi connectivity index (χ2v) is 6.96. The Morgan fingerprint density at radius 1 is 1.22 bits per heavy atom. The molecule has 3 rings (SSSR count). The van der Waals surface area contributed by atoms with Crippen LogP contribution >= 0.6 is 11.6 Å². The van der Waals surface area contributed by atoms with Crippen LogP contribution in [0.15, 0.2) is 6.20 Å². The van der Waals surface area contributed by atoms with Crippen molar-refractivity contribution in [3.63, 3.8) is 0 Å². The lowest BCUT2D eigenvalue weighted by Crippen LogP contribution is -2.48. The van der Waals surface area contributed by atoms with E-state index in [-0.39, 0.29) is 23.7 Å². The van der Waals surface area contributed by atoms with Crippen molar-refractivity contribution in [2.45, 2.75) is 37.9 Å². The lowest BCUT2D eigenvalue weighted by molar-refractivity contribution is -0.140. The number of nitrogens with zero attached hydrogens (tertiary/aromatic N) is 4. The summed E-state index contributed by atoms with van der Waals surface area (Å²) in [6.45, 7) is 0.378. The topological polar surface area (TPSA) is 78.4 Å². The summed E-state index contributed by atoms with van der Waals surface area (Å²) in [4.78, 5) is 36.6. The lowest BCUT2D eigenvalue weighted by Gasteiger charge is -2.24. The fraction of sp³-hybridized carbons (Fsp3) is 0.625. The number of aromatic nitrogens is 2. The Balaban J connectivity index is 1.76. The number of hydrogen-bond acceptors (Lipinski definition) is 5. The largest absolute Gasteiger partial charge is 0.405 e. The van der Waals surface area contributed by atoms with Gasteiger partial charge in [0.05, 0.1) is 11.2 Å². The van der Waals surface area contributed by atoms with Crippen LogP contribution in [0.2, 0.25) is 5.02 Å². The van der Waals surface area contributed by atoms with E-state index in [4.69, 9.17) is 11.6 Å². The molecule has 27 heavy (non-hydrogen) atoms.